The Bertz CT molecular complexity index is 674. The monoisotopic (exact) mass is 314 g/mol. The predicted octanol–water partition coefficient (Wildman–Crippen LogP) is 2.56. The van der Waals surface area contributed by atoms with Crippen molar-refractivity contribution in [1.29, 1.82) is 0 Å². The number of hydrogen-bond acceptors (Lipinski definition) is 4. The van der Waals surface area contributed by atoms with Gasteiger partial charge in [-0.2, -0.15) is 0 Å². The van der Waals surface area contributed by atoms with Gasteiger partial charge in [0.25, 0.3) is 5.91 Å². The fourth-order valence-electron chi connectivity index (χ4n) is 1.42. The molecule has 1 amide bonds. The third-order valence-electron chi connectivity index (χ3n) is 2.35. The highest BCUT2D eigenvalue weighted by molar-refractivity contribution is 7.09. The van der Waals surface area contributed by atoms with Crippen LogP contribution in [0, 0.1) is 5.82 Å². The molecule has 0 unspecified atom stereocenters. The van der Waals surface area contributed by atoms with Crippen LogP contribution in [0.2, 0.25) is 5.02 Å². The van der Waals surface area contributed by atoms with Crippen LogP contribution in [-0.2, 0) is 6.54 Å². The van der Waals surface area contributed by atoms with E-state index in [1.165, 1.54) is 17.5 Å². The van der Waals surface area contributed by atoms with Gasteiger partial charge in [-0.05, 0) is 18.2 Å². The van der Waals surface area contributed by atoms with Crippen molar-refractivity contribution in [3.8, 4) is 0 Å². The minimum absolute atomic E-state index is 0.0266. The van der Waals surface area contributed by atoms with Gasteiger partial charge in [-0.15, -0.1) is 11.3 Å². The van der Waals surface area contributed by atoms with E-state index in [2.05, 4.69) is 10.3 Å². The number of hydrogen-bond donors (Lipinski definition) is 2. The fraction of sp³-hybridized carbons (Fsp3) is 0.0833. The minimum atomic E-state index is -1.14. The summed E-state index contributed by atoms with van der Waals surface area (Å²) in [6.07, 6.45) is 0. The molecule has 0 aliphatic rings. The van der Waals surface area contributed by atoms with E-state index in [-0.39, 0.29) is 22.8 Å². The zero-order valence-electron chi connectivity index (χ0n) is 9.89. The second-order valence-corrected chi connectivity index (χ2v) is 5.12. The summed E-state index contributed by atoms with van der Waals surface area (Å²) in [7, 11) is 0. The maximum Gasteiger partial charge on any atom is 0.355 e. The van der Waals surface area contributed by atoms with E-state index in [1.54, 1.807) is 0 Å². The second-order valence-electron chi connectivity index (χ2n) is 3.74. The van der Waals surface area contributed by atoms with E-state index in [9.17, 15) is 14.0 Å². The maximum absolute atomic E-state index is 13.5. The van der Waals surface area contributed by atoms with Crippen LogP contribution < -0.4 is 5.32 Å². The summed E-state index contributed by atoms with van der Waals surface area (Å²) < 4.78 is 13.5. The quantitative estimate of drug-likeness (QED) is 0.909. The third-order valence-corrected chi connectivity index (χ3v) is 3.43. The summed E-state index contributed by atoms with van der Waals surface area (Å²) in [5, 5.41) is 13.2. The number of aromatic carboxylic acids is 1. The van der Waals surface area contributed by atoms with Crippen molar-refractivity contribution in [2.24, 2.45) is 0 Å². The van der Waals surface area contributed by atoms with Crippen molar-refractivity contribution in [3.63, 3.8) is 0 Å². The molecule has 0 fully saturated rings. The SMILES string of the molecule is O=C(O)c1csc(CNC(=O)c2ccc(Cl)cc2F)n1. The lowest BCUT2D eigenvalue weighted by Gasteiger charge is -2.04. The molecule has 0 spiro atoms. The molecule has 1 aromatic carbocycles. The number of thiazole rings is 1. The molecule has 0 bridgehead atoms. The lowest BCUT2D eigenvalue weighted by Crippen LogP contribution is -2.23. The Kier molecular flexibility index (Phi) is 4.31. The van der Waals surface area contributed by atoms with E-state index in [0.29, 0.717) is 5.01 Å². The van der Waals surface area contributed by atoms with Crippen LogP contribution in [-0.4, -0.2) is 22.0 Å². The highest BCUT2D eigenvalue weighted by Crippen LogP contribution is 2.15. The van der Waals surface area contributed by atoms with Gasteiger partial charge in [0.2, 0.25) is 0 Å². The lowest BCUT2D eigenvalue weighted by atomic mass is 10.2. The number of carboxylic acids is 1. The molecular weight excluding hydrogens is 307 g/mol. The van der Waals surface area contributed by atoms with Gasteiger partial charge in [-0.3, -0.25) is 4.79 Å². The number of nitrogens with one attached hydrogen (secondary N) is 1. The molecule has 0 aliphatic carbocycles. The van der Waals surface area contributed by atoms with Gasteiger partial charge in [0.15, 0.2) is 5.69 Å². The molecule has 0 radical (unpaired) electrons. The number of benzene rings is 1. The van der Waals surface area contributed by atoms with Crippen LogP contribution in [0.1, 0.15) is 25.9 Å². The molecule has 104 valence electrons. The molecule has 0 saturated heterocycles. The Labute approximate surface area is 122 Å². The molecule has 2 N–H and O–H groups in total. The number of carbonyl (C=O) groups excluding carboxylic acids is 1. The van der Waals surface area contributed by atoms with Gasteiger partial charge in [0, 0.05) is 10.4 Å². The summed E-state index contributed by atoms with van der Waals surface area (Å²) in [5.41, 5.74) is -0.221. The first-order valence-electron chi connectivity index (χ1n) is 5.38. The van der Waals surface area contributed by atoms with Gasteiger partial charge in [0.1, 0.15) is 10.8 Å². The molecule has 5 nitrogen and oxygen atoms in total. The van der Waals surface area contributed by atoms with Crippen molar-refractivity contribution in [1.82, 2.24) is 10.3 Å². The van der Waals surface area contributed by atoms with Crippen LogP contribution in [0.25, 0.3) is 0 Å². The first-order valence-corrected chi connectivity index (χ1v) is 6.64. The zero-order chi connectivity index (χ0) is 14.7. The average molecular weight is 315 g/mol. The van der Waals surface area contributed by atoms with E-state index in [1.807, 2.05) is 0 Å². The Morgan fingerprint density at radius 3 is 2.80 bits per heavy atom. The van der Waals surface area contributed by atoms with Crippen molar-refractivity contribution in [3.05, 3.63) is 50.7 Å². The fourth-order valence-corrected chi connectivity index (χ4v) is 2.28. The Balaban J connectivity index is 2.02. The van der Waals surface area contributed by atoms with Gasteiger partial charge < -0.3 is 10.4 Å². The van der Waals surface area contributed by atoms with Crippen LogP contribution in [0.15, 0.2) is 23.6 Å². The molecular formula is C12H8ClFN2O3S. The van der Waals surface area contributed by atoms with Gasteiger partial charge >= 0.3 is 5.97 Å². The van der Waals surface area contributed by atoms with Crippen molar-refractivity contribution >= 4 is 34.8 Å². The second kappa shape index (κ2) is 5.98. The molecule has 2 rings (SSSR count). The number of amides is 1. The third kappa shape index (κ3) is 3.31. The minimum Gasteiger partial charge on any atom is -0.476 e. The van der Waals surface area contributed by atoms with Crippen LogP contribution >= 0.6 is 22.9 Å². The Morgan fingerprint density at radius 2 is 2.20 bits per heavy atom. The highest BCUT2D eigenvalue weighted by Gasteiger charge is 2.13. The smallest absolute Gasteiger partial charge is 0.355 e. The van der Waals surface area contributed by atoms with Crippen molar-refractivity contribution in [2.45, 2.75) is 6.54 Å². The molecule has 0 atom stereocenters. The van der Waals surface area contributed by atoms with E-state index in [4.69, 9.17) is 16.7 Å². The first kappa shape index (κ1) is 14.4. The number of halogens is 2. The van der Waals surface area contributed by atoms with E-state index in [0.717, 1.165) is 17.4 Å². The normalized spacial score (nSPS) is 10.3. The summed E-state index contributed by atoms with van der Waals surface area (Å²) in [6, 6.07) is 3.73. The van der Waals surface area contributed by atoms with Crippen LogP contribution in [0.3, 0.4) is 0 Å². The van der Waals surface area contributed by atoms with E-state index < -0.39 is 17.7 Å². The number of rotatable bonds is 4. The van der Waals surface area contributed by atoms with Gasteiger partial charge in [-0.25, -0.2) is 14.2 Å². The highest BCUT2D eigenvalue weighted by atomic mass is 35.5. The molecule has 2 aromatic rings. The van der Waals surface area contributed by atoms with Crippen molar-refractivity contribution < 1.29 is 19.1 Å². The van der Waals surface area contributed by atoms with Crippen molar-refractivity contribution in [2.75, 3.05) is 0 Å². The molecule has 0 aliphatic heterocycles. The summed E-state index contributed by atoms with van der Waals surface area (Å²) in [5.74, 6) is -2.48. The van der Waals surface area contributed by atoms with Crippen LogP contribution in [0.5, 0.6) is 0 Å². The maximum atomic E-state index is 13.5. The summed E-state index contributed by atoms with van der Waals surface area (Å²) in [6.45, 7) is 0.0266. The standard InChI is InChI=1S/C12H8ClFN2O3S/c13-6-1-2-7(8(14)3-6)11(17)15-4-10-16-9(5-20-10)12(18)19/h1-3,5H,4H2,(H,15,17)(H,18,19). The summed E-state index contributed by atoms with van der Waals surface area (Å²) in [4.78, 5) is 26.2. The average Bonchev–Trinajstić information content (AvgIpc) is 2.85. The Hall–Kier alpha value is -1.99. The van der Waals surface area contributed by atoms with Gasteiger partial charge in [-0.1, -0.05) is 11.6 Å². The molecule has 20 heavy (non-hydrogen) atoms. The number of aromatic nitrogens is 1. The van der Waals surface area contributed by atoms with Crippen LogP contribution in [0.4, 0.5) is 4.39 Å². The van der Waals surface area contributed by atoms with Gasteiger partial charge in [0.05, 0.1) is 12.1 Å². The lowest BCUT2D eigenvalue weighted by molar-refractivity contribution is 0.0691. The zero-order valence-corrected chi connectivity index (χ0v) is 11.5. The Morgan fingerprint density at radius 1 is 1.45 bits per heavy atom. The first-order chi connectivity index (χ1) is 9.47. The van der Waals surface area contributed by atoms with E-state index >= 15 is 0 Å². The summed E-state index contributed by atoms with van der Waals surface area (Å²) >= 11 is 6.69. The predicted molar refractivity (Wildman–Crippen MR) is 71.7 cm³/mol. The molecule has 8 heteroatoms. The number of carboxylic acid groups (broad SMARTS) is 1. The number of nitrogens with zero attached hydrogens (tertiary/aromatic N) is 1. The molecule has 0 saturated carbocycles. The molecule has 1 aromatic heterocycles. The number of carbonyl (C=O) groups is 2. The topological polar surface area (TPSA) is 79.3 Å². The largest absolute Gasteiger partial charge is 0.476 e. The molecule has 1 heterocycles.